The molecule has 25 heavy (non-hydrogen) atoms. The van der Waals surface area contributed by atoms with Gasteiger partial charge in [0.1, 0.15) is 30.6 Å². The molecule has 1 N–H and O–H groups in total. The van der Waals surface area contributed by atoms with Crippen LogP contribution >= 0.6 is 0 Å². The molecule has 9 heteroatoms. The highest BCUT2D eigenvalue weighted by atomic mass is 16.6. The maximum absolute atomic E-state index is 11.7. The van der Waals surface area contributed by atoms with E-state index < -0.39 is 0 Å². The fraction of sp³-hybridized carbons (Fsp3) is 0.500. The number of carbonyl (C=O) groups excluding carboxylic acids is 1. The van der Waals surface area contributed by atoms with Crippen LogP contribution in [0.1, 0.15) is 6.04 Å². The van der Waals surface area contributed by atoms with Gasteiger partial charge in [0, 0.05) is 13.3 Å². The molecule has 2 aliphatic heterocycles. The normalized spacial score (nSPS) is 28.0. The largest absolute Gasteiger partial charge is 0.375 e. The maximum Gasteiger partial charge on any atom is 0.246 e. The van der Waals surface area contributed by atoms with Crippen molar-refractivity contribution < 1.29 is 19.0 Å². The molecule has 4 atom stereocenters. The van der Waals surface area contributed by atoms with Crippen LogP contribution in [0.4, 0.5) is 0 Å². The van der Waals surface area contributed by atoms with Crippen molar-refractivity contribution >= 4 is 5.91 Å². The first kappa shape index (κ1) is 16.1. The minimum atomic E-state index is -0.201. The van der Waals surface area contributed by atoms with Crippen LogP contribution in [0.25, 0.3) is 11.4 Å². The lowest BCUT2D eigenvalue weighted by Crippen LogP contribution is -2.45. The number of methoxy groups -OCH3 is 1. The van der Waals surface area contributed by atoms with Gasteiger partial charge in [0.25, 0.3) is 0 Å². The van der Waals surface area contributed by atoms with E-state index in [0.29, 0.717) is 18.9 Å². The van der Waals surface area contributed by atoms with Gasteiger partial charge in [-0.05, 0) is 12.1 Å². The van der Waals surface area contributed by atoms with Crippen molar-refractivity contribution in [3.63, 3.8) is 0 Å². The number of amides is 1. The summed E-state index contributed by atoms with van der Waals surface area (Å²) >= 11 is 0. The Bertz CT molecular complexity index is 737. The SMILES string of the molecule is COCC(=O)N[C@H]1CO[C@H]2[C@@H]1OC[C@@H]2n1cc(-c2ccccn2)nn1. The molecule has 0 saturated carbocycles. The Hall–Kier alpha value is -2.36. The van der Waals surface area contributed by atoms with Gasteiger partial charge in [0.05, 0.1) is 31.1 Å². The maximum atomic E-state index is 11.7. The van der Waals surface area contributed by atoms with Crippen LogP contribution in [0.2, 0.25) is 0 Å². The Morgan fingerprint density at radius 2 is 2.20 bits per heavy atom. The zero-order valence-electron chi connectivity index (χ0n) is 13.7. The molecular weight excluding hydrogens is 326 g/mol. The van der Waals surface area contributed by atoms with Gasteiger partial charge in [-0.2, -0.15) is 0 Å². The van der Waals surface area contributed by atoms with E-state index in [1.54, 1.807) is 10.9 Å². The number of nitrogens with zero attached hydrogens (tertiary/aromatic N) is 4. The Balaban J connectivity index is 1.45. The second-order valence-corrected chi connectivity index (χ2v) is 6.07. The summed E-state index contributed by atoms with van der Waals surface area (Å²) in [7, 11) is 1.49. The van der Waals surface area contributed by atoms with Crippen LogP contribution in [-0.2, 0) is 19.0 Å². The van der Waals surface area contributed by atoms with Crippen LogP contribution in [0.5, 0.6) is 0 Å². The molecule has 2 aromatic heterocycles. The molecule has 0 radical (unpaired) electrons. The summed E-state index contributed by atoms with van der Waals surface area (Å²) in [6, 6.07) is 5.38. The molecule has 4 heterocycles. The lowest BCUT2D eigenvalue weighted by molar-refractivity contribution is -0.126. The number of carbonyl (C=O) groups is 1. The van der Waals surface area contributed by atoms with E-state index >= 15 is 0 Å². The molecule has 2 saturated heterocycles. The van der Waals surface area contributed by atoms with Crippen molar-refractivity contribution in [2.75, 3.05) is 26.9 Å². The van der Waals surface area contributed by atoms with Gasteiger partial charge in [-0.15, -0.1) is 5.10 Å². The number of pyridine rings is 1. The number of rotatable bonds is 5. The molecule has 1 amide bonds. The average molecular weight is 345 g/mol. The third-order valence-electron chi connectivity index (χ3n) is 4.43. The molecule has 0 aromatic carbocycles. The molecule has 4 rings (SSSR count). The number of hydrogen-bond acceptors (Lipinski definition) is 7. The average Bonchev–Trinajstić information content (AvgIpc) is 3.33. The molecular formula is C16H19N5O4. The van der Waals surface area contributed by atoms with Gasteiger partial charge < -0.3 is 19.5 Å². The summed E-state index contributed by atoms with van der Waals surface area (Å²) in [5.41, 5.74) is 1.47. The van der Waals surface area contributed by atoms with Crippen molar-refractivity contribution in [2.24, 2.45) is 0 Å². The summed E-state index contributed by atoms with van der Waals surface area (Å²) in [5.74, 6) is -0.179. The highest BCUT2D eigenvalue weighted by Crippen LogP contribution is 2.34. The topological polar surface area (TPSA) is 100 Å². The number of aromatic nitrogens is 4. The number of fused-ring (bicyclic) bond motifs is 1. The first-order valence-electron chi connectivity index (χ1n) is 8.11. The van der Waals surface area contributed by atoms with Crippen molar-refractivity contribution in [1.82, 2.24) is 25.3 Å². The van der Waals surface area contributed by atoms with E-state index in [4.69, 9.17) is 14.2 Å². The molecule has 0 aliphatic carbocycles. The Morgan fingerprint density at radius 1 is 1.32 bits per heavy atom. The van der Waals surface area contributed by atoms with E-state index in [1.807, 2.05) is 24.4 Å². The summed E-state index contributed by atoms with van der Waals surface area (Å²) in [5, 5.41) is 11.3. The molecule has 0 bridgehead atoms. The second kappa shape index (κ2) is 6.87. The van der Waals surface area contributed by atoms with Crippen LogP contribution in [0.3, 0.4) is 0 Å². The standard InChI is InChI=1S/C16H19N5O4/c1-23-9-14(22)18-12-7-24-16-13(8-25-15(12)16)21-6-11(19-20-21)10-4-2-3-5-17-10/h2-6,12-13,15-16H,7-9H2,1H3,(H,18,22)/t12-,13-,15+,16+/m0/s1. The quantitative estimate of drug-likeness (QED) is 0.801. The van der Waals surface area contributed by atoms with Gasteiger partial charge in [-0.3, -0.25) is 9.78 Å². The first-order valence-corrected chi connectivity index (χ1v) is 8.11. The summed E-state index contributed by atoms with van der Waals surface area (Å²) in [6.45, 7) is 0.883. The molecule has 132 valence electrons. The van der Waals surface area contributed by atoms with E-state index in [1.165, 1.54) is 7.11 Å². The van der Waals surface area contributed by atoms with Crippen molar-refractivity contribution in [3.8, 4) is 11.4 Å². The van der Waals surface area contributed by atoms with Crippen LogP contribution in [-0.4, -0.2) is 71.1 Å². The highest BCUT2D eigenvalue weighted by Gasteiger charge is 2.49. The molecule has 2 aromatic rings. The molecule has 2 aliphatic rings. The van der Waals surface area contributed by atoms with Gasteiger partial charge in [-0.25, -0.2) is 4.68 Å². The van der Waals surface area contributed by atoms with Gasteiger partial charge in [-0.1, -0.05) is 11.3 Å². The summed E-state index contributed by atoms with van der Waals surface area (Å²) in [6.07, 6.45) is 3.19. The Kier molecular flexibility index (Phi) is 4.43. The number of ether oxygens (including phenoxy) is 3. The third-order valence-corrected chi connectivity index (χ3v) is 4.43. The molecule has 0 spiro atoms. The molecule has 0 unspecified atom stereocenters. The zero-order valence-corrected chi connectivity index (χ0v) is 13.7. The molecule has 9 nitrogen and oxygen atoms in total. The predicted octanol–water partition coefficient (Wildman–Crippen LogP) is -0.190. The number of nitrogens with one attached hydrogen (secondary N) is 1. The van der Waals surface area contributed by atoms with Gasteiger partial charge in [0.2, 0.25) is 5.91 Å². The lowest BCUT2D eigenvalue weighted by atomic mass is 10.1. The lowest BCUT2D eigenvalue weighted by Gasteiger charge is -2.17. The number of hydrogen-bond donors (Lipinski definition) is 1. The van der Waals surface area contributed by atoms with E-state index in [2.05, 4.69) is 20.6 Å². The van der Waals surface area contributed by atoms with Crippen LogP contribution in [0, 0.1) is 0 Å². The van der Waals surface area contributed by atoms with E-state index in [0.717, 1.165) is 5.69 Å². The van der Waals surface area contributed by atoms with E-state index in [-0.39, 0.29) is 36.8 Å². The van der Waals surface area contributed by atoms with Crippen molar-refractivity contribution in [3.05, 3.63) is 30.6 Å². The van der Waals surface area contributed by atoms with Gasteiger partial charge in [0.15, 0.2) is 0 Å². The summed E-state index contributed by atoms with van der Waals surface area (Å²) < 4.78 is 18.3. The highest BCUT2D eigenvalue weighted by molar-refractivity contribution is 5.77. The Morgan fingerprint density at radius 3 is 3.00 bits per heavy atom. The van der Waals surface area contributed by atoms with E-state index in [9.17, 15) is 4.79 Å². The second-order valence-electron chi connectivity index (χ2n) is 6.07. The molecule has 2 fully saturated rings. The minimum Gasteiger partial charge on any atom is -0.375 e. The Labute approximate surface area is 144 Å². The van der Waals surface area contributed by atoms with Crippen LogP contribution in [0.15, 0.2) is 30.6 Å². The van der Waals surface area contributed by atoms with Crippen molar-refractivity contribution in [1.29, 1.82) is 0 Å². The third kappa shape index (κ3) is 3.13. The minimum absolute atomic E-state index is 0.0217. The fourth-order valence-corrected chi connectivity index (χ4v) is 3.28. The monoisotopic (exact) mass is 345 g/mol. The van der Waals surface area contributed by atoms with Crippen LogP contribution < -0.4 is 5.32 Å². The van der Waals surface area contributed by atoms with Crippen molar-refractivity contribution in [2.45, 2.75) is 24.3 Å². The zero-order chi connectivity index (χ0) is 17.2. The fourth-order valence-electron chi connectivity index (χ4n) is 3.28. The smallest absolute Gasteiger partial charge is 0.246 e. The predicted molar refractivity (Wildman–Crippen MR) is 85.6 cm³/mol. The first-order chi connectivity index (χ1) is 12.3. The summed E-state index contributed by atoms with van der Waals surface area (Å²) in [4.78, 5) is 16.0. The van der Waals surface area contributed by atoms with Gasteiger partial charge >= 0.3 is 0 Å².